The fourth-order valence-corrected chi connectivity index (χ4v) is 2.58. The highest BCUT2D eigenvalue weighted by atomic mass is 79.9. The van der Waals surface area contributed by atoms with Crippen LogP contribution in [0, 0.1) is 11.6 Å². The van der Waals surface area contributed by atoms with E-state index in [-0.39, 0.29) is 6.04 Å². The van der Waals surface area contributed by atoms with Gasteiger partial charge in [-0.1, -0.05) is 41.1 Å². The molecule has 0 aromatic heterocycles. The van der Waals surface area contributed by atoms with E-state index in [0.717, 1.165) is 16.1 Å². The molecular weight excluding hydrogens is 312 g/mol. The van der Waals surface area contributed by atoms with Crippen molar-refractivity contribution < 1.29 is 8.78 Å². The van der Waals surface area contributed by atoms with Gasteiger partial charge in [-0.15, -0.1) is 0 Å². The Hall–Kier alpha value is -1.26. The summed E-state index contributed by atoms with van der Waals surface area (Å²) in [5, 5.41) is 3.25. The summed E-state index contributed by atoms with van der Waals surface area (Å²) in [6, 6.07) is 11.0. The lowest BCUT2D eigenvalue weighted by atomic mass is 9.98. The molecule has 19 heavy (non-hydrogen) atoms. The molecule has 2 aromatic carbocycles. The van der Waals surface area contributed by atoms with Gasteiger partial charge in [-0.3, -0.25) is 0 Å². The molecule has 0 heterocycles. The van der Waals surface area contributed by atoms with E-state index < -0.39 is 11.6 Å². The first-order chi connectivity index (χ1) is 9.11. The Morgan fingerprint density at radius 1 is 1.11 bits per heavy atom. The van der Waals surface area contributed by atoms with Crippen molar-refractivity contribution in [3.05, 3.63) is 69.7 Å². The van der Waals surface area contributed by atoms with Crippen LogP contribution in [0.5, 0.6) is 0 Å². The minimum Gasteiger partial charge on any atom is -0.306 e. The highest BCUT2D eigenvalue weighted by Gasteiger charge is 2.17. The minimum atomic E-state index is -0.565. The summed E-state index contributed by atoms with van der Waals surface area (Å²) in [6.45, 7) is 2.66. The van der Waals surface area contributed by atoms with Gasteiger partial charge < -0.3 is 5.32 Å². The van der Waals surface area contributed by atoms with Crippen LogP contribution >= 0.6 is 15.9 Å². The van der Waals surface area contributed by atoms with Crippen molar-refractivity contribution in [1.82, 2.24) is 5.32 Å². The predicted molar refractivity (Wildman–Crippen MR) is 76.0 cm³/mol. The quantitative estimate of drug-likeness (QED) is 0.877. The average Bonchev–Trinajstić information content (AvgIpc) is 2.36. The maximum atomic E-state index is 13.4. The van der Waals surface area contributed by atoms with E-state index in [4.69, 9.17) is 0 Å². The molecule has 0 bridgehead atoms. The third-order valence-corrected chi connectivity index (χ3v) is 3.56. The number of hydrogen-bond donors (Lipinski definition) is 1. The molecule has 0 amide bonds. The van der Waals surface area contributed by atoms with Gasteiger partial charge in [0.05, 0.1) is 6.04 Å². The number of hydrogen-bond acceptors (Lipinski definition) is 1. The van der Waals surface area contributed by atoms with Crippen molar-refractivity contribution in [2.75, 3.05) is 6.54 Å². The van der Waals surface area contributed by atoms with Crippen molar-refractivity contribution in [1.29, 1.82) is 0 Å². The summed E-state index contributed by atoms with van der Waals surface area (Å²) in [4.78, 5) is 0. The molecule has 0 spiro atoms. The summed E-state index contributed by atoms with van der Waals surface area (Å²) in [5.74, 6) is -1.13. The molecule has 1 atom stereocenters. The SMILES string of the molecule is CCNC(c1cc(F)cc(F)c1)c1ccccc1Br. The standard InChI is InChI=1S/C15H14BrF2N/c1-2-19-15(13-5-3-4-6-14(13)16)10-7-11(17)9-12(18)8-10/h3-9,15,19H,2H2,1H3. The predicted octanol–water partition coefficient (Wildman–Crippen LogP) is 4.43. The molecule has 1 unspecified atom stereocenters. The Morgan fingerprint density at radius 3 is 2.32 bits per heavy atom. The zero-order valence-corrected chi connectivity index (χ0v) is 12.0. The Balaban J connectivity index is 2.48. The maximum absolute atomic E-state index is 13.4. The minimum absolute atomic E-state index is 0.245. The molecule has 0 aliphatic carbocycles. The highest BCUT2D eigenvalue weighted by molar-refractivity contribution is 9.10. The summed E-state index contributed by atoms with van der Waals surface area (Å²) in [5.41, 5.74) is 1.53. The first-order valence-corrected chi connectivity index (χ1v) is 6.85. The molecule has 0 saturated heterocycles. The van der Waals surface area contributed by atoms with Gasteiger partial charge in [0.15, 0.2) is 0 Å². The van der Waals surface area contributed by atoms with Gasteiger partial charge in [0, 0.05) is 10.5 Å². The van der Waals surface area contributed by atoms with Crippen molar-refractivity contribution in [2.24, 2.45) is 0 Å². The summed E-state index contributed by atoms with van der Waals surface area (Å²) >= 11 is 3.47. The molecule has 0 radical (unpaired) electrons. The van der Waals surface area contributed by atoms with Crippen LogP contribution in [0.4, 0.5) is 8.78 Å². The smallest absolute Gasteiger partial charge is 0.126 e. The average molecular weight is 326 g/mol. The molecular formula is C15H14BrF2N. The molecule has 0 saturated carbocycles. The van der Waals surface area contributed by atoms with Gasteiger partial charge in [-0.25, -0.2) is 8.78 Å². The Labute approximate surface area is 119 Å². The molecule has 0 fully saturated rings. The number of benzene rings is 2. The molecule has 100 valence electrons. The van der Waals surface area contributed by atoms with E-state index >= 15 is 0 Å². The summed E-state index contributed by atoms with van der Waals surface area (Å²) in [7, 11) is 0. The van der Waals surface area contributed by atoms with Gasteiger partial charge in [0.25, 0.3) is 0 Å². The van der Waals surface area contributed by atoms with Crippen molar-refractivity contribution in [2.45, 2.75) is 13.0 Å². The van der Waals surface area contributed by atoms with Crippen molar-refractivity contribution in [3.8, 4) is 0 Å². The van der Waals surface area contributed by atoms with Crippen LogP contribution in [0.25, 0.3) is 0 Å². The molecule has 4 heteroatoms. The van der Waals surface area contributed by atoms with E-state index in [2.05, 4.69) is 21.2 Å². The monoisotopic (exact) mass is 325 g/mol. The zero-order valence-electron chi connectivity index (χ0n) is 10.5. The van der Waals surface area contributed by atoms with E-state index in [1.54, 1.807) is 0 Å². The Kier molecular flexibility index (Phi) is 4.66. The first kappa shape index (κ1) is 14.2. The van der Waals surface area contributed by atoms with Gasteiger partial charge in [0.1, 0.15) is 11.6 Å². The van der Waals surface area contributed by atoms with Crippen LogP contribution in [0.3, 0.4) is 0 Å². The van der Waals surface area contributed by atoms with Gasteiger partial charge in [-0.05, 0) is 35.9 Å². The third kappa shape index (κ3) is 3.39. The Bertz CT molecular complexity index is 552. The van der Waals surface area contributed by atoms with Crippen LogP contribution in [-0.2, 0) is 0 Å². The lowest BCUT2D eigenvalue weighted by Gasteiger charge is -2.20. The Morgan fingerprint density at radius 2 is 1.74 bits per heavy atom. The normalized spacial score (nSPS) is 12.4. The highest BCUT2D eigenvalue weighted by Crippen LogP contribution is 2.29. The van der Waals surface area contributed by atoms with Crippen molar-refractivity contribution >= 4 is 15.9 Å². The fourth-order valence-electron chi connectivity index (χ4n) is 2.06. The van der Waals surface area contributed by atoms with Crippen molar-refractivity contribution in [3.63, 3.8) is 0 Å². The topological polar surface area (TPSA) is 12.0 Å². The van der Waals surface area contributed by atoms with Gasteiger partial charge >= 0.3 is 0 Å². The van der Waals surface area contributed by atoms with Crippen LogP contribution in [0.1, 0.15) is 24.1 Å². The fraction of sp³-hybridized carbons (Fsp3) is 0.200. The number of rotatable bonds is 4. The molecule has 2 aromatic rings. The van der Waals surface area contributed by atoms with Crippen LogP contribution in [-0.4, -0.2) is 6.54 Å². The number of nitrogens with one attached hydrogen (secondary N) is 1. The summed E-state index contributed by atoms with van der Waals surface area (Å²) in [6.07, 6.45) is 0. The van der Waals surface area contributed by atoms with E-state index in [0.29, 0.717) is 12.1 Å². The lowest BCUT2D eigenvalue weighted by Crippen LogP contribution is -2.22. The van der Waals surface area contributed by atoms with Crippen LogP contribution in [0.15, 0.2) is 46.9 Å². The maximum Gasteiger partial charge on any atom is 0.126 e. The summed E-state index contributed by atoms with van der Waals surface area (Å²) < 4.78 is 27.6. The second kappa shape index (κ2) is 6.26. The van der Waals surface area contributed by atoms with Gasteiger partial charge in [-0.2, -0.15) is 0 Å². The largest absolute Gasteiger partial charge is 0.306 e. The number of halogens is 3. The first-order valence-electron chi connectivity index (χ1n) is 6.05. The van der Waals surface area contributed by atoms with Gasteiger partial charge in [0.2, 0.25) is 0 Å². The molecule has 0 aliphatic heterocycles. The molecule has 2 rings (SSSR count). The second-order valence-corrected chi connectivity index (χ2v) is 5.07. The van der Waals surface area contributed by atoms with E-state index in [1.807, 2.05) is 31.2 Å². The molecule has 0 aliphatic rings. The molecule has 1 N–H and O–H groups in total. The lowest BCUT2D eigenvalue weighted by molar-refractivity contribution is 0.565. The van der Waals surface area contributed by atoms with E-state index in [1.165, 1.54) is 12.1 Å². The second-order valence-electron chi connectivity index (χ2n) is 4.21. The molecule has 1 nitrogen and oxygen atoms in total. The van der Waals surface area contributed by atoms with E-state index in [9.17, 15) is 8.78 Å². The van der Waals surface area contributed by atoms with Crippen LogP contribution < -0.4 is 5.32 Å². The van der Waals surface area contributed by atoms with Crippen LogP contribution in [0.2, 0.25) is 0 Å². The third-order valence-electron chi connectivity index (χ3n) is 2.84. The zero-order chi connectivity index (χ0) is 13.8.